The largest absolute Gasteiger partial charge is 0.388 e. The van der Waals surface area contributed by atoms with E-state index >= 15 is 0 Å². The summed E-state index contributed by atoms with van der Waals surface area (Å²) in [7, 11) is 1.43. The van der Waals surface area contributed by atoms with Crippen molar-refractivity contribution in [1.29, 1.82) is 0 Å². The Bertz CT molecular complexity index is 167. The predicted molar refractivity (Wildman–Crippen MR) is 42.7 cm³/mol. The second kappa shape index (κ2) is 4.32. The first-order valence-electron chi connectivity index (χ1n) is 4.02. The van der Waals surface area contributed by atoms with Crippen LogP contribution in [0.1, 0.15) is 0 Å². The van der Waals surface area contributed by atoms with E-state index in [0.717, 1.165) is 0 Å². The molecule has 0 radical (unpaired) electrons. The zero-order valence-electron chi connectivity index (χ0n) is 7.33. The van der Waals surface area contributed by atoms with Gasteiger partial charge in [-0.15, -0.1) is 0 Å². The first kappa shape index (κ1) is 10.8. The Morgan fingerprint density at radius 2 is 1.92 bits per heavy atom. The fraction of sp³-hybridized carbons (Fsp3) is 1.00. The highest BCUT2D eigenvalue weighted by atomic mass is 16.6. The molecule has 1 heterocycles. The number of ether oxygens (including phenoxy) is 2. The Morgan fingerprint density at radius 3 is 2.46 bits per heavy atom. The summed E-state index contributed by atoms with van der Waals surface area (Å²) < 4.78 is 9.65. The normalized spacial score (nSPS) is 46.4. The molecule has 5 N–H and O–H groups in total. The van der Waals surface area contributed by atoms with E-state index in [9.17, 15) is 15.3 Å². The summed E-state index contributed by atoms with van der Waals surface area (Å²) in [6.45, 7) is 0.0992. The Morgan fingerprint density at radius 1 is 1.31 bits per heavy atom. The quantitative estimate of drug-likeness (QED) is 0.383. The summed E-state index contributed by atoms with van der Waals surface area (Å²) >= 11 is 0. The summed E-state index contributed by atoms with van der Waals surface area (Å²) in [4.78, 5) is 0. The Balaban J connectivity index is 2.59. The summed E-state index contributed by atoms with van der Waals surface area (Å²) in [5.41, 5.74) is 5.34. The van der Waals surface area contributed by atoms with Crippen LogP contribution in [-0.2, 0) is 9.47 Å². The molecular formula is C7H15NO5. The molecule has 1 aliphatic heterocycles. The summed E-state index contributed by atoms with van der Waals surface area (Å²) in [6, 6.07) is -0.983. The third-order valence-corrected chi connectivity index (χ3v) is 2.10. The highest BCUT2D eigenvalue weighted by Gasteiger charge is 2.41. The van der Waals surface area contributed by atoms with Crippen LogP contribution in [-0.4, -0.2) is 59.7 Å². The maximum absolute atomic E-state index is 9.41. The molecule has 0 spiro atoms. The van der Waals surface area contributed by atoms with Gasteiger partial charge in [-0.05, 0) is 0 Å². The van der Waals surface area contributed by atoms with Crippen LogP contribution in [0.3, 0.4) is 0 Å². The number of hydrogen-bond donors (Lipinski definition) is 4. The number of nitrogens with two attached hydrogens (primary N) is 1. The van der Waals surface area contributed by atoms with Crippen molar-refractivity contribution in [3.05, 3.63) is 0 Å². The standard InChI is InChI=1S/C7H15NO5/c1-12-2-3-5(9)6(10)4(8)7(11)13-3/h3-7,9-11H,2,8H2,1H3/t3-,4-,5-,6-,7?/m1/s1. The van der Waals surface area contributed by atoms with Crippen molar-refractivity contribution in [3.8, 4) is 0 Å². The lowest BCUT2D eigenvalue weighted by atomic mass is 9.98. The van der Waals surface area contributed by atoms with Crippen LogP contribution < -0.4 is 5.73 Å². The van der Waals surface area contributed by atoms with Gasteiger partial charge in [0.15, 0.2) is 6.29 Å². The van der Waals surface area contributed by atoms with Gasteiger partial charge in [-0.2, -0.15) is 0 Å². The summed E-state index contributed by atoms with van der Waals surface area (Å²) in [6.07, 6.45) is -4.32. The molecule has 13 heavy (non-hydrogen) atoms. The maximum Gasteiger partial charge on any atom is 0.173 e. The minimum Gasteiger partial charge on any atom is -0.388 e. The molecule has 1 fully saturated rings. The van der Waals surface area contributed by atoms with E-state index in [-0.39, 0.29) is 6.61 Å². The van der Waals surface area contributed by atoms with Crippen molar-refractivity contribution in [3.63, 3.8) is 0 Å². The SMILES string of the molecule is COC[C@H]1OC(O)[C@H](N)[C@@H](O)[C@@H]1O. The van der Waals surface area contributed by atoms with Crippen molar-refractivity contribution >= 4 is 0 Å². The Labute approximate surface area is 75.9 Å². The molecular weight excluding hydrogens is 178 g/mol. The second-order valence-electron chi connectivity index (χ2n) is 3.08. The predicted octanol–water partition coefficient (Wildman–Crippen LogP) is -2.60. The molecule has 1 rings (SSSR count). The molecule has 0 aromatic carbocycles. The van der Waals surface area contributed by atoms with E-state index < -0.39 is 30.6 Å². The highest BCUT2D eigenvalue weighted by Crippen LogP contribution is 2.18. The second-order valence-corrected chi connectivity index (χ2v) is 3.08. The number of aliphatic hydroxyl groups excluding tert-OH is 3. The van der Waals surface area contributed by atoms with Crippen LogP contribution in [0.2, 0.25) is 0 Å². The van der Waals surface area contributed by atoms with E-state index in [1.165, 1.54) is 7.11 Å². The molecule has 0 amide bonds. The zero-order valence-corrected chi connectivity index (χ0v) is 7.33. The lowest BCUT2D eigenvalue weighted by Crippen LogP contribution is -2.61. The molecule has 1 unspecified atom stereocenters. The molecule has 0 aromatic rings. The van der Waals surface area contributed by atoms with E-state index in [2.05, 4.69) is 0 Å². The Kier molecular flexibility index (Phi) is 3.60. The molecule has 0 bridgehead atoms. The number of hydrogen-bond acceptors (Lipinski definition) is 6. The smallest absolute Gasteiger partial charge is 0.173 e. The van der Waals surface area contributed by atoms with E-state index in [1.807, 2.05) is 0 Å². The summed E-state index contributed by atoms with van der Waals surface area (Å²) in [5.74, 6) is 0. The lowest BCUT2D eigenvalue weighted by molar-refractivity contribution is -0.250. The van der Waals surface area contributed by atoms with Gasteiger partial charge in [0.1, 0.15) is 18.3 Å². The molecule has 6 nitrogen and oxygen atoms in total. The molecule has 0 aromatic heterocycles. The lowest BCUT2D eigenvalue weighted by Gasteiger charge is -2.38. The average Bonchev–Trinajstić information content (AvgIpc) is 2.11. The average molecular weight is 193 g/mol. The molecule has 6 heteroatoms. The van der Waals surface area contributed by atoms with Gasteiger partial charge in [0.25, 0.3) is 0 Å². The van der Waals surface area contributed by atoms with Crippen LogP contribution in [0.25, 0.3) is 0 Å². The van der Waals surface area contributed by atoms with Gasteiger partial charge in [0.2, 0.25) is 0 Å². The van der Waals surface area contributed by atoms with Crippen LogP contribution in [0.4, 0.5) is 0 Å². The topological polar surface area (TPSA) is 105 Å². The van der Waals surface area contributed by atoms with Gasteiger partial charge in [0.05, 0.1) is 12.6 Å². The van der Waals surface area contributed by atoms with Crippen molar-refractivity contribution in [2.45, 2.75) is 30.6 Å². The van der Waals surface area contributed by atoms with E-state index in [1.54, 1.807) is 0 Å². The third kappa shape index (κ3) is 2.16. The first-order chi connectivity index (χ1) is 6.07. The van der Waals surface area contributed by atoms with Gasteiger partial charge in [0, 0.05) is 7.11 Å². The van der Waals surface area contributed by atoms with Gasteiger partial charge < -0.3 is 30.5 Å². The van der Waals surface area contributed by atoms with Crippen molar-refractivity contribution in [2.24, 2.45) is 5.73 Å². The Hall–Kier alpha value is -0.240. The van der Waals surface area contributed by atoms with Gasteiger partial charge >= 0.3 is 0 Å². The zero-order chi connectivity index (χ0) is 10.0. The van der Waals surface area contributed by atoms with Crippen LogP contribution in [0, 0.1) is 0 Å². The molecule has 0 aliphatic carbocycles. The van der Waals surface area contributed by atoms with Crippen LogP contribution >= 0.6 is 0 Å². The molecule has 1 aliphatic rings. The van der Waals surface area contributed by atoms with Gasteiger partial charge in [-0.25, -0.2) is 0 Å². The van der Waals surface area contributed by atoms with E-state index in [0.29, 0.717) is 0 Å². The minimum absolute atomic E-state index is 0.0992. The van der Waals surface area contributed by atoms with Crippen molar-refractivity contribution in [1.82, 2.24) is 0 Å². The fourth-order valence-electron chi connectivity index (χ4n) is 1.27. The van der Waals surface area contributed by atoms with Crippen LogP contribution in [0.15, 0.2) is 0 Å². The summed E-state index contributed by atoms with van der Waals surface area (Å²) in [5, 5.41) is 27.9. The number of rotatable bonds is 2. The minimum atomic E-state index is -1.27. The van der Waals surface area contributed by atoms with Gasteiger partial charge in [-0.1, -0.05) is 0 Å². The van der Waals surface area contributed by atoms with Crippen molar-refractivity contribution in [2.75, 3.05) is 13.7 Å². The maximum atomic E-state index is 9.41. The third-order valence-electron chi connectivity index (χ3n) is 2.10. The molecule has 5 atom stereocenters. The molecule has 1 saturated heterocycles. The molecule has 0 saturated carbocycles. The van der Waals surface area contributed by atoms with Gasteiger partial charge in [-0.3, -0.25) is 0 Å². The molecule has 78 valence electrons. The first-order valence-corrected chi connectivity index (χ1v) is 4.02. The van der Waals surface area contributed by atoms with Crippen LogP contribution in [0.5, 0.6) is 0 Å². The van der Waals surface area contributed by atoms with Crippen molar-refractivity contribution < 1.29 is 24.8 Å². The fourth-order valence-corrected chi connectivity index (χ4v) is 1.27. The monoisotopic (exact) mass is 193 g/mol. The van der Waals surface area contributed by atoms with E-state index in [4.69, 9.17) is 15.2 Å². The number of methoxy groups -OCH3 is 1. The number of aliphatic hydroxyl groups is 3. The highest BCUT2D eigenvalue weighted by molar-refractivity contribution is 4.90.